The molecule has 0 atom stereocenters. The summed E-state index contributed by atoms with van der Waals surface area (Å²) in [6, 6.07) is 2.74. The lowest BCUT2D eigenvalue weighted by molar-refractivity contribution is 0.148. The van der Waals surface area contributed by atoms with E-state index in [2.05, 4.69) is 4.74 Å². The molecule has 1 nitrogen and oxygen atoms in total. The number of methoxy groups -OCH3 is 1. The van der Waals surface area contributed by atoms with Crippen LogP contribution in [0.5, 0.6) is 5.75 Å². The number of ether oxygens (including phenoxy) is 1. The highest BCUT2D eigenvalue weighted by Crippen LogP contribution is 2.29. The maximum absolute atomic E-state index is 12.4. The lowest BCUT2D eigenvalue weighted by Crippen LogP contribution is -2.37. The van der Waals surface area contributed by atoms with Crippen LogP contribution in [0.4, 0.5) is 21.7 Å². The van der Waals surface area contributed by atoms with E-state index in [0.29, 0.717) is 6.07 Å². The van der Waals surface area contributed by atoms with Gasteiger partial charge in [-0.25, -0.2) is 8.78 Å². The highest BCUT2D eigenvalue weighted by molar-refractivity contribution is 6.74. The molecule has 0 saturated carbocycles. The van der Waals surface area contributed by atoms with E-state index in [1.165, 1.54) is 0 Å². The second kappa shape index (κ2) is 4.08. The smallest absolute Gasteiger partial charge is 0.496 e. The average Bonchev–Trinajstić information content (AvgIpc) is 2.15. The van der Waals surface area contributed by atoms with Gasteiger partial charge in [-0.2, -0.15) is 0 Å². The summed E-state index contributed by atoms with van der Waals surface area (Å²) in [5.74, 6) is -0.443. The standard InChI is InChI=1S/C8H7BF5O/c1-15-6-4-2-3-5(9(12,13)14)7(6)8(10)11/h2-4,8H,1H3/q-1. The SMILES string of the molecule is COc1cccc([B-](F)(F)F)c1C(F)F. The molecule has 84 valence electrons. The molecular formula is C8H7BF5O-. The van der Waals surface area contributed by atoms with Crippen molar-refractivity contribution < 1.29 is 26.5 Å². The molecule has 7 heteroatoms. The van der Waals surface area contributed by atoms with Gasteiger partial charge in [0.25, 0.3) is 6.43 Å². The molecule has 0 fully saturated rings. The molecular weight excluding hydrogens is 218 g/mol. The molecule has 0 unspecified atom stereocenters. The van der Waals surface area contributed by atoms with E-state index in [9.17, 15) is 21.7 Å². The topological polar surface area (TPSA) is 9.23 Å². The van der Waals surface area contributed by atoms with Crippen LogP contribution in [-0.2, 0) is 0 Å². The molecule has 0 heterocycles. The number of rotatable bonds is 3. The van der Waals surface area contributed by atoms with Crippen LogP contribution in [0.15, 0.2) is 18.2 Å². The summed E-state index contributed by atoms with van der Waals surface area (Å²) in [6.07, 6.45) is -3.21. The first kappa shape index (κ1) is 11.8. The Kier molecular flexibility index (Phi) is 3.21. The van der Waals surface area contributed by atoms with Gasteiger partial charge in [-0.1, -0.05) is 17.6 Å². The number of halogens is 5. The molecule has 0 aromatic heterocycles. The summed E-state index contributed by atoms with van der Waals surface area (Å²) in [6.45, 7) is -5.45. The normalized spacial score (nSPS) is 11.9. The van der Waals surface area contributed by atoms with Gasteiger partial charge in [0.1, 0.15) is 5.75 Å². The molecule has 15 heavy (non-hydrogen) atoms. The van der Waals surface area contributed by atoms with Crippen molar-refractivity contribution in [2.75, 3.05) is 7.11 Å². The van der Waals surface area contributed by atoms with Crippen LogP contribution in [0.1, 0.15) is 12.0 Å². The van der Waals surface area contributed by atoms with Crippen molar-refractivity contribution >= 4 is 12.4 Å². The fraction of sp³-hybridized carbons (Fsp3) is 0.250. The number of alkyl halides is 2. The molecule has 0 amide bonds. The van der Waals surface area contributed by atoms with Crippen molar-refractivity contribution in [2.45, 2.75) is 6.43 Å². The summed E-state index contributed by atoms with van der Waals surface area (Å²) >= 11 is 0. The molecule has 0 saturated heterocycles. The Balaban J connectivity index is 3.39. The Morgan fingerprint density at radius 3 is 2.20 bits per heavy atom. The molecule has 1 aromatic carbocycles. The highest BCUT2D eigenvalue weighted by Gasteiger charge is 2.32. The number of benzene rings is 1. The molecule has 1 aromatic rings. The zero-order valence-electron chi connectivity index (χ0n) is 7.68. The first-order chi connectivity index (χ1) is 6.88. The molecule has 0 aliphatic carbocycles. The number of hydrogen-bond donors (Lipinski definition) is 0. The van der Waals surface area contributed by atoms with Gasteiger partial charge in [-0.05, 0) is 6.07 Å². The van der Waals surface area contributed by atoms with E-state index >= 15 is 0 Å². The first-order valence-corrected chi connectivity index (χ1v) is 4.02. The summed E-state index contributed by atoms with van der Waals surface area (Å²) < 4.78 is 66.5. The zero-order valence-corrected chi connectivity index (χ0v) is 7.68. The van der Waals surface area contributed by atoms with Crippen molar-refractivity contribution in [2.24, 2.45) is 0 Å². The van der Waals surface area contributed by atoms with Crippen LogP contribution in [0, 0.1) is 0 Å². The molecule has 0 radical (unpaired) electrons. The van der Waals surface area contributed by atoms with Crippen molar-refractivity contribution in [1.82, 2.24) is 0 Å². The van der Waals surface area contributed by atoms with Crippen molar-refractivity contribution in [3.8, 4) is 5.75 Å². The summed E-state index contributed by atoms with van der Waals surface area (Å²) in [7, 11) is 1.05. The maximum Gasteiger partial charge on any atom is 0.510 e. The monoisotopic (exact) mass is 225 g/mol. The molecule has 0 spiro atoms. The maximum atomic E-state index is 12.4. The Morgan fingerprint density at radius 1 is 1.20 bits per heavy atom. The van der Waals surface area contributed by atoms with Crippen molar-refractivity contribution in [3.05, 3.63) is 23.8 Å². The predicted molar refractivity (Wildman–Crippen MR) is 46.7 cm³/mol. The van der Waals surface area contributed by atoms with Gasteiger partial charge in [0.05, 0.1) is 7.11 Å². The second-order valence-electron chi connectivity index (χ2n) is 2.84. The third kappa shape index (κ3) is 2.40. The summed E-state index contributed by atoms with van der Waals surface area (Å²) in [4.78, 5) is 0. The van der Waals surface area contributed by atoms with Gasteiger partial charge in [0.15, 0.2) is 0 Å². The number of hydrogen-bond acceptors (Lipinski definition) is 1. The fourth-order valence-electron chi connectivity index (χ4n) is 1.26. The minimum atomic E-state index is -5.45. The van der Waals surface area contributed by atoms with Crippen LogP contribution in [0.25, 0.3) is 0 Å². The summed E-state index contributed by atoms with van der Waals surface area (Å²) in [5.41, 5.74) is -2.39. The van der Waals surface area contributed by atoms with Gasteiger partial charge >= 0.3 is 6.98 Å². The van der Waals surface area contributed by atoms with E-state index in [4.69, 9.17) is 0 Å². The Labute approximate surface area is 82.9 Å². The van der Waals surface area contributed by atoms with Gasteiger partial charge in [0.2, 0.25) is 0 Å². The molecule has 1 rings (SSSR count). The Hall–Kier alpha value is -1.27. The molecule has 0 aliphatic rings. The van der Waals surface area contributed by atoms with Crippen molar-refractivity contribution in [3.63, 3.8) is 0 Å². The fourth-order valence-corrected chi connectivity index (χ4v) is 1.26. The minimum absolute atomic E-state index is 0.443. The lowest BCUT2D eigenvalue weighted by atomic mass is 9.76. The van der Waals surface area contributed by atoms with E-state index in [0.717, 1.165) is 19.2 Å². The van der Waals surface area contributed by atoms with Gasteiger partial charge in [0, 0.05) is 5.56 Å². The van der Waals surface area contributed by atoms with Crippen LogP contribution in [0.2, 0.25) is 0 Å². The van der Waals surface area contributed by atoms with E-state index in [1.54, 1.807) is 0 Å². The van der Waals surface area contributed by atoms with Gasteiger partial charge in [-0.15, -0.1) is 0 Å². The first-order valence-electron chi connectivity index (χ1n) is 4.02. The van der Waals surface area contributed by atoms with E-state index in [-0.39, 0.29) is 0 Å². The van der Waals surface area contributed by atoms with E-state index < -0.39 is 30.2 Å². The van der Waals surface area contributed by atoms with Crippen molar-refractivity contribution in [1.29, 1.82) is 0 Å². The zero-order chi connectivity index (χ0) is 11.6. The Bertz CT molecular complexity index is 349. The van der Waals surface area contributed by atoms with Crippen LogP contribution in [0.3, 0.4) is 0 Å². The predicted octanol–water partition coefficient (Wildman–Crippen LogP) is 2.69. The average molecular weight is 225 g/mol. The third-order valence-electron chi connectivity index (χ3n) is 1.89. The van der Waals surface area contributed by atoms with Crippen LogP contribution >= 0.6 is 0 Å². The Morgan fingerprint density at radius 2 is 1.80 bits per heavy atom. The molecule has 0 aliphatic heterocycles. The summed E-state index contributed by atoms with van der Waals surface area (Å²) in [5, 5.41) is 0. The van der Waals surface area contributed by atoms with Crippen LogP contribution in [-0.4, -0.2) is 14.1 Å². The molecule has 0 N–H and O–H groups in total. The largest absolute Gasteiger partial charge is 0.510 e. The third-order valence-corrected chi connectivity index (χ3v) is 1.89. The lowest BCUT2D eigenvalue weighted by Gasteiger charge is -2.21. The second-order valence-corrected chi connectivity index (χ2v) is 2.84. The quantitative estimate of drug-likeness (QED) is 0.567. The van der Waals surface area contributed by atoms with E-state index in [1.807, 2.05) is 0 Å². The van der Waals surface area contributed by atoms with Gasteiger partial charge in [-0.3, -0.25) is 0 Å². The minimum Gasteiger partial charge on any atom is -0.496 e. The van der Waals surface area contributed by atoms with Gasteiger partial charge < -0.3 is 17.7 Å². The van der Waals surface area contributed by atoms with Crippen LogP contribution < -0.4 is 10.2 Å². The molecule has 0 bridgehead atoms. The highest BCUT2D eigenvalue weighted by atomic mass is 19.4.